The van der Waals surface area contributed by atoms with Crippen molar-refractivity contribution in [1.29, 1.82) is 0 Å². The molecule has 0 saturated carbocycles. The molecule has 32 heavy (non-hydrogen) atoms. The molecule has 0 atom stereocenters. The van der Waals surface area contributed by atoms with Crippen LogP contribution in [0, 0.1) is 20.8 Å². The summed E-state index contributed by atoms with van der Waals surface area (Å²) in [6, 6.07) is 21.0. The Morgan fingerprint density at radius 3 is 2.22 bits per heavy atom. The molecule has 5 heteroatoms. The number of anilines is 1. The summed E-state index contributed by atoms with van der Waals surface area (Å²) in [6.45, 7) is 6.35. The summed E-state index contributed by atoms with van der Waals surface area (Å²) in [5.41, 5.74) is 6.05. The minimum absolute atomic E-state index is 0.317. The molecule has 4 nitrogen and oxygen atoms in total. The number of benzene rings is 3. The maximum atomic E-state index is 13.7. The zero-order chi connectivity index (χ0) is 23.0. The second kappa shape index (κ2) is 8.64. The van der Waals surface area contributed by atoms with Crippen LogP contribution < -0.4 is 4.90 Å². The third kappa shape index (κ3) is 3.94. The smallest absolute Gasteiger partial charge is 0.282 e. The molecular weight excluding hydrogens is 420 g/mol. The van der Waals surface area contributed by atoms with Gasteiger partial charge in [0.25, 0.3) is 11.8 Å². The van der Waals surface area contributed by atoms with Gasteiger partial charge in [-0.05, 0) is 61.2 Å². The second-order valence-electron chi connectivity index (χ2n) is 8.26. The van der Waals surface area contributed by atoms with E-state index >= 15 is 0 Å². The molecule has 3 aromatic carbocycles. The molecule has 0 unspecified atom stereocenters. The molecule has 1 aliphatic heterocycles. The van der Waals surface area contributed by atoms with Gasteiger partial charge in [0, 0.05) is 18.6 Å². The Bertz CT molecular complexity index is 1250. The van der Waals surface area contributed by atoms with Crippen molar-refractivity contribution >= 4 is 34.7 Å². The molecule has 0 radical (unpaired) electrons. The largest absolute Gasteiger partial charge is 0.365 e. The number of carbonyl (C=O) groups excluding carboxylic acids is 2. The van der Waals surface area contributed by atoms with Crippen molar-refractivity contribution in [1.82, 2.24) is 4.90 Å². The molecule has 0 aliphatic carbocycles. The number of likely N-dealkylation sites (N-methyl/N-ethyl adjacent to an activating group) is 1. The van der Waals surface area contributed by atoms with Crippen molar-refractivity contribution in [2.45, 2.75) is 27.3 Å². The molecule has 0 bridgehead atoms. The Balaban J connectivity index is 1.85. The topological polar surface area (TPSA) is 40.6 Å². The average Bonchev–Trinajstić information content (AvgIpc) is 2.99. The number of hydrogen-bond acceptors (Lipinski definition) is 3. The molecule has 162 valence electrons. The van der Waals surface area contributed by atoms with E-state index < -0.39 is 0 Å². The number of halogens is 1. The standard InChI is InChI=1S/C27H25ClN2O2/c1-17-10-12-22(18(2)14-17)24-25(29(4)16-20-8-6-5-7-9-20)27(32)30(26(24)31)23-13-11-21(28)15-19(23)3/h5-15H,16H2,1-4H3. The lowest BCUT2D eigenvalue weighted by Crippen LogP contribution is -2.34. The first-order valence-electron chi connectivity index (χ1n) is 10.5. The van der Waals surface area contributed by atoms with Crippen molar-refractivity contribution in [3.63, 3.8) is 0 Å². The maximum absolute atomic E-state index is 13.7. The van der Waals surface area contributed by atoms with E-state index in [1.807, 2.05) is 81.2 Å². The highest BCUT2D eigenvalue weighted by atomic mass is 35.5. The van der Waals surface area contributed by atoms with Crippen LogP contribution in [0.2, 0.25) is 5.02 Å². The molecule has 1 aliphatic rings. The summed E-state index contributed by atoms with van der Waals surface area (Å²) in [4.78, 5) is 30.6. The van der Waals surface area contributed by atoms with Crippen LogP contribution >= 0.6 is 11.6 Å². The fourth-order valence-electron chi connectivity index (χ4n) is 4.23. The molecule has 0 fully saturated rings. The van der Waals surface area contributed by atoms with E-state index in [1.165, 1.54) is 4.90 Å². The first-order valence-corrected chi connectivity index (χ1v) is 10.9. The SMILES string of the molecule is Cc1ccc(C2=C(N(C)Cc3ccccc3)C(=O)N(c3ccc(Cl)cc3C)C2=O)c(C)c1. The highest BCUT2D eigenvalue weighted by Crippen LogP contribution is 2.37. The first-order chi connectivity index (χ1) is 15.3. The summed E-state index contributed by atoms with van der Waals surface area (Å²) < 4.78 is 0. The minimum Gasteiger partial charge on any atom is -0.365 e. The number of nitrogens with zero attached hydrogens (tertiary/aromatic N) is 2. The number of rotatable bonds is 5. The Morgan fingerprint density at radius 2 is 1.56 bits per heavy atom. The van der Waals surface area contributed by atoms with Gasteiger partial charge in [-0.3, -0.25) is 9.59 Å². The predicted octanol–water partition coefficient (Wildman–Crippen LogP) is 5.68. The third-order valence-corrected chi connectivity index (χ3v) is 5.99. The third-order valence-electron chi connectivity index (χ3n) is 5.75. The highest BCUT2D eigenvalue weighted by Gasteiger charge is 2.42. The lowest BCUT2D eigenvalue weighted by atomic mass is 9.97. The molecule has 0 spiro atoms. The predicted molar refractivity (Wildman–Crippen MR) is 129 cm³/mol. The number of hydrogen-bond donors (Lipinski definition) is 0. The van der Waals surface area contributed by atoms with Gasteiger partial charge in [0.05, 0.1) is 11.3 Å². The van der Waals surface area contributed by atoms with E-state index in [4.69, 9.17) is 11.6 Å². The second-order valence-corrected chi connectivity index (χ2v) is 8.70. The van der Waals surface area contributed by atoms with Crippen molar-refractivity contribution in [3.8, 4) is 0 Å². The van der Waals surface area contributed by atoms with E-state index in [1.54, 1.807) is 18.2 Å². The van der Waals surface area contributed by atoms with Crippen molar-refractivity contribution in [2.24, 2.45) is 0 Å². The van der Waals surface area contributed by atoms with E-state index in [-0.39, 0.29) is 11.8 Å². The van der Waals surface area contributed by atoms with E-state index in [2.05, 4.69) is 0 Å². The lowest BCUT2D eigenvalue weighted by molar-refractivity contribution is -0.120. The highest BCUT2D eigenvalue weighted by molar-refractivity contribution is 6.45. The zero-order valence-corrected chi connectivity index (χ0v) is 19.4. The van der Waals surface area contributed by atoms with Crippen LogP contribution in [-0.2, 0) is 16.1 Å². The number of imide groups is 1. The summed E-state index contributed by atoms with van der Waals surface area (Å²) >= 11 is 6.12. The monoisotopic (exact) mass is 444 g/mol. The summed E-state index contributed by atoms with van der Waals surface area (Å²) in [5.74, 6) is -0.642. The fraction of sp³-hybridized carbons (Fsp3) is 0.185. The zero-order valence-electron chi connectivity index (χ0n) is 18.6. The minimum atomic E-state index is -0.325. The molecule has 2 amide bonds. The van der Waals surface area contributed by atoms with Crippen LogP contribution in [0.4, 0.5) is 5.69 Å². The molecule has 4 rings (SSSR count). The van der Waals surface area contributed by atoms with E-state index in [0.29, 0.717) is 28.5 Å². The summed E-state index contributed by atoms with van der Waals surface area (Å²) in [6.07, 6.45) is 0. The van der Waals surface area contributed by atoms with Crippen LogP contribution in [0.15, 0.2) is 72.4 Å². The van der Waals surface area contributed by atoms with Gasteiger partial charge in [-0.2, -0.15) is 0 Å². The molecule has 0 saturated heterocycles. The van der Waals surface area contributed by atoms with Crippen LogP contribution in [0.3, 0.4) is 0 Å². The van der Waals surface area contributed by atoms with Gasteiger partial charge in [-0.15, -0.1) is 0 Å². The quantitative estimate of drug-likeness (QED) is 0.475. The molecule has 0 N–H and O–H groups in total. The summed E-state index contributed by atoms with van der Waals surface area (Å²) in [5, 5.41) is 0.564. The Hall–Kier alpha value is -3.37. The molecule has 3 aromatic rings. The first kappa shape index (κ1) is 21.8. The molecule has 0 aromatic heterocycles. The maximum Gasteiger partial charge on any atom is 0.282 e. The van der Waals surface area contributed by atoms with Crippen molar-refractivity contribution in [3.05, 3.63) is 105 Å². The van der Waals surface area contributed by atoms with Gasteiger partial charge in [0.15, 0.2) is 0 Å². The average molecular weight is 445 g/mol. The van der Waals surface area contributed by atoms with Crippen molar-refractivity contribution in [2.75, 3.05) is 11.9 Å². The van der Waals surface area contributed by atoms with Gasteiger partial charge >= 0.3 is 0 Å². The van der Waals surface area contributed by atoms with Gasteiger partial charge in [-0.1, -0.05) is 65.7 Å². The van der Waals surface area contributed by atoms with E-state index in [9.17, 15) is 9.59 Å². The van der Waals surface area contributed by atoms with Crippen LogP contribution in [0.5, 0.6) is 0 Å². The number of amides is 2. The Kier molecular flexibility index (Phi) is 5.90. The van der Waals surface area contributed by atoms with Crippen LogP contribution in [-0.4, -0.2) is 23.8 Å². The fourth-order valence-corrected chi connectivity index (χ4v) is 4.46. The van der Waals surface area contributed by atoms with Gasteiger partial charge < -0.3 is 4.90 Å². The number of aryl methyl sites for hydroxylation is 3. The van der Waals surface area contributed by atoms with Gasteiger partial charge in [-0.25, -0.2) is 4.90 Å². The Labute approximate surface area is 193 Å². The number of carbonyl (C=O) groups is 2. The summed E-state index contributed by atoms with van der Waals surface area (Å²) in [7, 11) is 1.86. The lowest BCUT2D eigenvalue weighted by Gasteiger charge is -2.22. The van der Waals surface area contributed by atoms with Crippen molar-refractivity contribution < 1.29 is 9.59 Å². The molecular formula is C27H25ClN2O2. The van der Waals surface area contributed by atoms with Crippen LogP contribution in [0.1, 0.15) is 27.8 Å². The van der Waals surface area contributed by atoms with E-state index in [0.717, 1.165) is 27.8 Å². The van der Waals surface area contributed by atoms with Crippen LogP contribution in [0.25, 0.3) is 5.57 Å². The van der Waals surface area contributed by atoms with Gasteiger partial charge in [0.1, 0.15) is 5.70 Å². The van der Waals surface area contributed by atoms with Gasteiger partial charge in [0.2, 0.25) is 0 Å². The Morgan fingerprint density at radius 1 is 0.844 bits per heavy atom. The normalized spacial score (nSPS) is 13.8. The molecule has 1 heterocycles.